The van der Waals surface area contributed by atoms with Gasteiger partial charge in [-0.25, -0.2) is 0 Å². The number of amides is 1. The second-order valence-corrected chi connectivity index (χ2v) is 4.91. The third kappa shape index (κ3) is 4.02. The van der Waals surface area contributed by atoms with Gasteiger partial charge in [0.05, 0.1) is 5.92 Å². The van der Waals surface area contributed by atoms with Gasteiger partial charge in [-0.15, -0.1) is 0 Å². The predicted octanol–water partition coefficient (Wildman–Crippen LogP) is 2.18. The first-order chi connectivity index (χ1) is 8.08. The molecule has 0 aromatic carbocycles. The van der Waals surface area contributed by atoms with E-state index in [1.807, 2.05) is 13.8 Å². The Kier molecular flexibility index (Phi) is 5.45. The summed E-state index contributed by atoms with van der Waals surface area (Å²) in [5.74, 6) is -0.674. The largest absolute Gasteiger partial charge is 0.481 e. The second-order valence-electron chi connectivity index (χ2n) is 4.91. The summed E-state index contributed by atoms with van der Waals surface area (Å²) in [6, 6.07) is 0.179. The molecule has 0 aromatic heterocycles. The topological polar surface area (TPSA) is 66.4 Å². The van der Waals surface area contributed by atoms with Crippen molar-refractivity contribution >= 4 is 11.9 Å². The molecule has 1 fully saturated rings. The Labute approximate surface area is 103 Å². The van der Waals surface area contributed by atoms with Crippen LogP contribution in [0.5, 0.6) is 0 Å². The molecule has 0 bridgehead atoms. The predicted molar refractivity (Wildman–Crippen MR) is 65.6 cm³/mol. The van der Waals surface area contributed by atoms with Crippen LogP contribution >= 0.6 is 0 Å². The summed E-state index contributed by atoms with van der Waals surface area (Å²) < 4.78 is 0. The van der Waals surface area contributed by atoms with Crippen LogP contribution in [0.3, 0.4) is 0 Å². The second kappa shape index (κ2) is 6.62. The van der Waals surface area contributed by atoms with Gasteiger partial charge >= 0.3 is 5.97 Å². The molecule has 98 valence electrons. The Morgan fingerprint density at radius 2 is 1.71 bits per heavy atom. The van der Waals surface area contributed by atoms with E-state index in [9.17, 15) is 9.59 Å². The van der Waals surface area contributed by atoms with Crippen LogP contribution < -0.4 is 5.32 Å². The summed E-state index contributed by atoms with van der Waals surface area (Å²) in [6.45, 7) is 4.05. The van der Waals surface area contributed by atoms with Crippen molar-refractivity contribution in [2.75, 3.05) is 0 Å². The Morgan fingerprint density at radius 3 is 2.12 bits per heavy atom. The molecular weight excluding hydrogens is 218 g/mol. The van der Waals surface area contributed by atoms with Gasteiger partial charge in [-0.2, -0.15) is 0 Å². The zero-order valence-corrected chi connectivity index (χ0v) is 10.7. The van der Waals surface area contributed by atoms with E-state index >= 15 is 0 Å². The number of hydrogen-bond donors (Lipinski definition) is 2. The maximum Gasteiger partial charge on any atom is 0.306 e. The Balaban J connectivity index is 2.35. The highest BCUT2D eigenvalue weighted by molar-refractivity contribution is 5.78. The summed E-state index contributed by atoms with van der Waals surface area (Å²) >= 11 is 0. The van der Waals surface area contributed by atoms with E-state index in [0.29, 0.717) is 12.8 Å². The Bertz CT molecular complexity index is 266. The van der Waals surface area contributed by atoms with E-state index in [1.54, 1.807) is 0 Å². The molecule has 0 unspecified atom stereocenters. The van der Waals surface area contributed by atoms with Crippen LogP contribution in [-0.4, -0.2) is 23.0 Å². The van der Waals surface area contributed by atoms with E-state index in [4.69, 9.17) is 5.11 Å². The molecule has 17 heavy (non-hydrogen) atoms. The first kappa shape index (κ1) is 14.0. The van der Waals surface area contributed by atoms with Crippen molar-refractivity contribution in [3.05, 3.63) is 0 Å². The maximum absolute atomic E-state index is 11.9. The van der Waals surface area contributed by atoms with Crippen LogP contribution in [0.1, 0.15) is 52.4 Å². The third-order valence-electron chi connectivity index (χ3n) is 3.78. The average molecular weight is 241 g/mol. The van der Waals surface area contributed by atoms with Gasteiger partial charge in [0.2, 0.25) is 5.91 Å². The van der Waals surface area contributed by atoms with E-state index in [-0.39, 0.29) is 23.8 Å². The van der Waals surface area contributed by atoms with E-state index in [2.05, 4.69) is 5.32 Å². The molecule has 1 amide bonds. The van der Waals surface area contributed by atoms with Crippen molar-refractivity contribution in [1.82, 2.24) is 5.32 Å². The van der Waals surface area contributed by atoms with E-state index in [1.165, 1.54) is 0 Å². The molecule has 0 radical (unpaired) electrons. The van der Waals surface area contributed by atoms with Gasteiger partial charge in [0.15, 0.2) is 0 Å². The molecule has 1 saturated carbocycles. The van der Waals surface area contributed by atoms with Crippen LogP contribution in [0.15, 0.2) is 0 Å². The fourth-order valence-corrected chi connectivity index (χ4v) is 2.46. The van der Waals surface area contributed by atoms with Crippen molar-refractivity contribution in [3.63, 3.8) is 0 Å². The molecule has 1 aliphatic carbocycles. The molecule has 1 aliphatic rings. The molecule has 0 heterocycles. The highest BCUT2D eigenvalue weighted by Crippen LogP contribution is 2.24. The third-order valence-corrected chi connectivity index (χ3v) is 3.78. The number of carboxylic acid groups (broad SMARTS) is 1. The first-order valence-corrected chi connectivity index (χ1v) is 6.61. The fourth-order valence-electron chi connectivity index (χ4n) is 2.46. The van der Waals surface area contributed by atoms with Crippen molar-refractivity contribution in [2.24, 2.45) is 11.8 Å². The molecule has 0 spiro atoms. The molecule has 0 aliphatic heterocycles. The summed E-state index contributed by atoms with van der Waals surface area (Å²) in [4.78, 5) is 22.7. The van der Waals surface area contributed by atoms with Crippen LogP contribution in [-0.2, 0) is 9.59 Å². The van der Waals surface area contributed by atoms with Crippen LogP contribution in [0, 0.1) is 11.8 Å². The molecule has 2 N–H and O–H groups in total. The molecule has 4 nitrogen and oxygen atoms in total. The SMILES string of the molecule is CCC(CC)C(=O)NC1CCC(C(=O)O)CC1. The highest BCUT2D eigenvalue weighted by atomic mass is 16.4. The zero-order valence-electron chi connectivity index (χ0n) is 10.7. The van der Waals surface area contributed by atoms with Crippen LogP contribution in [0.25, 0.3) is 0 Å². The lowest BCUT2D eigenvalue weighted by Gasteiger charge is -2.28. The van der Waals surface area contributed by atoms with Gasteiger partial charge in [0.25, 0.3) is 0 Å². The number of rotatable bonds is 5. The lowest BCUT2D eigenvalue weighted by Crippen LogP contribution is -2.41. The normalized spacial score (nSPS) is 24.6. The zero-order chi connectivity index (χ0) is 12.8. The Morgan fingerprint density at radius 1 is 1.18 bits per heavy atom. The summed E-state index contributed by atoms with van der Waals surface area (Å²) in [7, 11) is 0. The van der Waals surface area contributed by atoms with Crippen molar-refractivity contribution in [2.45, 2.75) is 58.4 Å². The molecule has 0 aromatic rings. The molecule has 1 rings (SSSR count). The lowest BCUT2D eigenvalue weighted by molar-refractivity contribution is -0.142. The van der Waals surface area contributed by atoms with Gasteiger partial charge in [-0.05, 0) is 38.5 Å². The number of hydrogen-bond acceptors (Lipinski definition) is 2. The highest BCUT2D eigenvalue weighted by Gasteiger charge is 2.27. The molecule has 4 heteroatoms. The summed E-state index contributed by atoms with van der Waals surface area (Å²) in [6.07, 6.45) is 4.69. The van der Waals surface area contributed by atoms with Gasteiger partial charge in [0, 0.05) is 12.0 Å². The summed E-state index contributed by atoms with van der Waals surface area (Å²) in [5, 5.41) is 11.9. The van der Waals surface area contributed by atoms with E-state index < -0.39 is 5.97 Å². The molecule has 0 saturated heterocycles. The van der Waals surface area contributed by atoms with Gasteiger partial charge in [0.1, 0.15) is 0 Å². The molecular formula is C13H23NO3. The van der Waals surface area contributed by atoms with Crippen molar-refractivity contribution in [3.8, 4) is 0 Å². The van der Waals surface area contributed by atoms with Gasteiger partial charge < -0.3 is 10.4 Å². The minimum atomic E-state index is -0.699. The number of carbonyl (C=O) groups is 2. The Hall–Kier alpha value is -1.06. The van der Waals surface area contributed by atoms with Crippen LogP contribution in [0.2, 0.25) is 0 Å². The number of carboxylic acids is 1. The standard InChI is InChI=1S/C13H23NO3/c1-3-9(4-2)12(15)14-11-7-5-10(6-8-11)13(16)17/h9-11H,3-8H2,1-2H3,(H,14,15)(H,16,17). The quantitative estimate of drug-likeness (QED) is 0.775. The minimum absolute atomic E-state index is 0.104. The lowest BCUT2D eigenvalue weighted by atomic mass is 9.86. The first-order valence-electron chi connectivity index (χ1n) is 6.61. The molecule has 0 atom stereocenters. The van der Waals surface area contributed by atoms with Crippen molar-refractivity contribution < 1.29 is 14.7 Å². The van der Waals surface area contributed by atoms with Crippen LogP contribution in [0.4, 0.5) is 0 Å². The van der Waals surface area contributed by atoms with Crippen molar-refractivity contribution in [1.29, 1.82) is 0 Å². The van der Waals surface area contributed by atoms with Gasteiger partial charge in [-0.3, -0.25) is 9.59 Å². The summed E-state index contributed by atoms with van der Waals surface area (Å²) in [5.41, 5.74) is 0. The van der Waals surface area contributed by atoms with E-state index in [0.717, 1.165) is 25.7 Å². The van der Waals surface area contributed by atoms with Gasteiger partial charge in [-0.1, -0.05) is 13.8 Å². The number of carbonyl (C=O) groups excluding carboxylic acids is 1. The number of nitrogens with one attached hydrogen (secondary N) is 1. The maximum atomic E-state index is 11.9. The monoisotopic (exact) mass is 241 g/mol. The average Bonchev–Trinajstić information content (AvgIpc) is 2.31. The minimum Gasteiger partial charge on any atom is -0.481 e. The smallest absolute Gasteiger partial charge is 0.306 e. The number of aliphatic carboxylic acids is 1. The fraction of sp³-hybridized carbons (Fsp3) is 0.846.